The average molecular weight is 785 g/mol. The number of anilines is 2. The molecule has 0 spiro atoms. The number of hydrogen-bond acceptors (Lipinski definition) is 10. The van der Waals surface area contributed by atoms with Crippen molar-refractivity contribution in [1.82, 2.24) is 38.9 Å². The largest absolute Gasteiger partial charge is 0.493 e. The van der Waals surface area contributed by atoms with Gasteiger partial charge >= 0.3 is 12.1 Å². The highest BCUT2D eigenvalue weighted by Crippen LogP contribution is 2.29. The number of nitrogens with zero attached hydrogens (tertiary/aromatic N) is 7. The topological polar surface area (TPSA) is 180 Å². The number of benzene rings is 2. The number of likely N-dealkylation sites (tertiary alicyclic amines) is 1. The van der Waals surface area contributed by atoms with Crippen molar-refractivity contribution in [3.63, 3.8) is 0 Å². The number of hydrogen-bond donors (Lipinski definition) is 3. The van der Waals surface area contributed by atoms with Gasteiger partial charge in [-0.25, -0.2) is 24.5 Å². The molecule has 0 saturated carbocycles. The summed E-state index contributed by atoms with van der Waals surface area (Å²) in [6, 6.07) is 11.4. The third-order valence-electron chi connectivity index (χ3n) is 9.32. The molecule has 3 N–H and O–H groups in total. The second-order valence-electron chi connectivity index (χ2n) is 13.6. The minimum Gasteiger partial charge on any atom is -0.493 e. The monoisotopic (exact) mass is 784 g/mol. The van der Waals surface area contributed by atoms with Gasteiger partial charge in [-0.2, -0.15) is 0 Å². The van der Waals surface area contributed by atoms with Crippen molar-refractivity contribution in [3.05, 3.63) is 104 Å². The summed E-state index contributed by atoms with van der Waals surface area (Å²) in [5.41, 5.74) is 4.09. The highest BCUT2D eigenvalue weighted by atomic mass is 19.1. The number of nitrogens with one attached hydrogen (secondary N) is 3. The van der Waals surface area contributed by atoms with Gasteiger partial charge in [0.2, 0.25) is 11.8 Å². The van der Waals surface area contributed by atoms with Crippen LogP contribution in [0.2, 0.25) is 0 Å². The summed E-state index contributed by atoms with van der Waals surface area (Å²) in [6.07, 6.45) is 14.9. The maximum absolute atomic E-state index is 12.1. The Balaban J connectivity index is 0.000000146. The predicted molar refractivity (Wildman–Crippen MR) is 209 cm³/mol. The van der Waals surface area contributed by atoms with E-state index in [0.29, 0.717) is 44.4 Å². The lowest BCUT2D eigenvalue weighted by molar-refractivity contribution is -0.117. The zero-order valence-electron chi connectivity index (χ0n) is 33.6. The number of aromatic nitrogens is 6. The van der Waals surface area contributed by atoms with Crippen LogP contribution in [-0.4, -0.2) is 103 Å². The zero-order chi connectivity index (χ0) is 41.8. The number of aryl methyl sites for hydroxylation is 2. The van der Waals surface area contributed by atoms with E-state index in [1.54, 1.807) is 42.1 Å². The van der Waals surface area contributed by atoms with E-state index in [9.17, 15) is 23.6 Å². The van der Waals surface area contributed by atoms with Crippen LogP contribution in [0.15, 0.2) is 92.6 Å². The van der Waals surface area contributed by atoms with Crippen molar-refractivity contribution in [1.29, 1.82) is 0 Å². The third-order valence-corrected chi connectivity index (χ3v) is 9.32. The van der Waals surface area contributed by atoms with Gasteiger partial charge in [0, 0.05) is 102 Å². The minimum atomic E-state index is -1.62. The summed E-state index contributed by atoms with van der Waals surface area (Å²) in [5, 5.41) is 8.95. The van der Waals surface area contributed by atoms with Gasteiger partial charge in [-0.3, -0.25) is 27.7 Å². The molecule has 5 aromatic rings. The highest BCUT2D eigenvalue weighted by molar-refractivity contribution is 5.94. The van der Waals surface area contributed by atoms with Crippen LogP contribution in [0, 0.1) is 11.8 Å². The van der Waals surface area contributed by atoms with Crippen molar-refractivity contribution < 1.29 is 35.8 Å². The first-order valence-electron chi connectivity index (χ1n) is 19.6. The smallest absolute Gasteiger partial charge is 0.338 e. The Kier molecular flexibility index (Phi) is 13.2. The Hall–Kier alpha value is -6.36. The van der Waals surface area contributed by atoms with Crippen LogP contribution in [0.4, 0.5) is 25.4 Å². The van der Waals surface area contributed by atoms with Crippen molar-refractivity contribution in [2.75, 3.05) is 56.7 Å². The van der Waals surface area contributed by atoms with Crippen molar-refractivity contribution >= 4 is 35.3 Å². The third kappa shape index (κ3) is 11.3. The Morgan fingerprint density at radius 3 is 1.60 bits per heavy atom. The van der Waals surface area contributed by atoms with E-state index in [2.05, 4.69) is 30.9 Å². The van der Waals surface area contributed by atoms with Gasteiger partial charge in [-0.05, 0) is 66.7 Å². The van der Waals surface area contributed by atoms with Gasteiger partial charge in [0.05, 0.1) is 19.9 Å². The first-order chi connectivity index (χ1) is 28.4. The summed E-state index contributed by atoms with van der Waals surface area (Å²) in [7, 11) is 0. The predicted octanol–water partition coefficient (Wildman–Crippen LogP) is 4.88. The van der Waals surface area contributed by atoms with Gasteiger partial charge in [0.25, 0.3) is 0 Å². The van der Waals surface area contributed by atoms with Gasteiger partial charge < -0.3 is 30.3 Å². The molecule has 0 unspecified atom stereocenters. The van der Waals surface area contributed by atoms with Crippen LogP contribution in [0.1, 0.15) is 40.0 Å². The van der Waals surface area contributed by atoms with Gasteiger partial charge in [-0.15, -0.1) is 0 Å². The first kappa shape index (κ1) is 37.6. The highest BCUT2D eigenvalue weighted by Gasteiger charge is 2.32. The first-order valence-corrected chi connectivity index (χ1v) is 18.6. The molecule has 0 bridgehead atoms. The summed E-state index contributed by atoms with van der Waals surface area (Å²) in [6.45, 7) is 5.16. The molecule has 0 atom stereocenters. The molecule has 4 aliphatic heterocycles. The molecule has 4 aliphatic rings. The maximum Gasteiger partial charge on any atom is 0.338 e. The molecule has 3 amide bonds. The van der Waals surface area contributed by atoms with Crippen LogP contribution in [0.3, 0.4) is 0 Å². The Bertz CT molecular complexity index is 2120. The van der Waals surface area contributed by atoms with Crippen LogP contribution in [0.25, 0.3) is 0 Å². The number of imidazole rings is 3. The maximum atomic E-state index is 12.1. The van der Waals surface area contributed by atoms with Crippen LogP contribution >= 0.6 is 0 Å². The number of amides is 3. The number of carbonyl (C=O) groups excluding carboxylic acids is 4. The lowest BCUT2D eigenvalue weighted by Gasteiger charge is -2.38. The number of halogens is 1. The number of fused-ring (bicyclic) bond motifs is 2. The van der Waals surface area contributed by atoms with Gasteiger partial charge in [0.15, 0.2) is 0 Å². The molecule has 2 fully saturated rings. The fourth-order valence-electron chi connectivity index (χ4n) is 6.04. The molecule has 57 heavy (non-hydrogen) atoms. The van der Waals surface area contributed by atoms with Crippen molar-refractivity contribution in [3.8, 4) is 11.5 Å². The van der Waals surface area contributed by atoms with Crippen LogP contribution in [-0.2, 0) is 22.4 Å². The van der Waals surface area contributed by atoms with E-state index in [1.807, 2.05) is 36.4 Å². The van der Waals surface area contributed by atoms with E-state index in [-0.39, 0.29) is 23.9 Å². The number of alkyl halides is 1. The lowest BCUT2D eigenvalue weighted by atomic mass is 10.0. The van der Waals surface area contributed by atoms with Crippen molar-refractivity contribution in [2.45, 2.75) is 39.0 Å². The Morgan fingerprint density at radius 1 is 0.737 bits per heavy atom. The Morgan fingerprint density at radius 2 is 1.19 bits per heavy atom. The number of ether oxygens (including phenoxy) is 2. The summed E-state index contributed by atoms with van der Waals surface area (Å²) < 4.78 is 39.9. The molecule has 7 heterocycles. The number of rotatable bonds is 7. The average Bonchev–Trinajstić information content (AvgIpc) is 4.02. The van der Waals surface area contributed by atoms with E-state index >= 15 is 0 Å². The van der Waals surface area contributed by atoms with Crippen LogP contribution in [0.5, 0.6) is 11.5 Å². The molecule has 2 saturated heterocycles. The molecule has 2 aromatic carbocycles. The Labute approximate surface area is 332 Å². The number of carbonyl (C=O) groups is 4. The molecule has 0 radical (unpaired) electrons. The second kappa shape index (κ2) is 20.0. The van der Waals surface area contributed by atoms with Crippen molar-refractivity contribution in [2.24, 2.45) is 11.8 Å². The molecule has 16 nitrogen and oxygen atoms in total. The molecule has 0 aliphatic carbocycles. The molecule has 17 heteroatoms. The van der Waals surface area contributed by atoms with Gasteiger partial charge in [-0.1, -0.05) is 6.92 Å². The fraction of sp³-hybridized carbons (Fsp3) is 0.375. The molecule has 300 valence electrons. The molecular formula is C40H47FN10O6. The standard InChI is InChI=1S/C17H18N4O3.C13H16N2O2.C7H6N4O.C3H7F/c22-16-4-1-13-7-14(2-3-15(13)19-16)24-10-12-8-21(9-12)17(23)20-6-5-18-11-20;16-13-4-1-10-5-11(2-3-12(10)15-13)17-8-9-6-14-7-9;12-7(10-3-1-8-5-10)11-4-2-9-6-11;1-2-3-4/h2-3,5-7,11-12H,1,4,8-10H2,(H,19,22);2-3,5,9,14H,1,4,6-8H2,(H,15,16);1-6H;2-3H2,1H3/i;;;2D2. The SMILES string of the molecule is O=C(n1ccnc1)n1ccnc1.O=C1CCc2cc(OCC3CN(C(=O)n4ccnc4)C3)ccc2N1.O=C1CCc2cc(OCC3CNC3)ccc2N1.[2H]C([2H])(C)CF. The normalized spacial score (nSPS) is 16.3. The van der Waals surface area contributed by atoms with Gasteiger partial charge in [0.1, 0.15) is 30.5 Å². The zero-order valence-corrected chi connectivity index (χ0v) is 31.6. The van der Waals surface area contributed by atoms with E-state index in [1.165, 1.54) is 45.2 Å². The quantitative estimate of drug-likeness (QED) is 0.206. The minimum absolute atomic E-state index is 0.0479. The summed E-state index contributed by atoms with van der Waals surface area (Å²) in [4.78, 5) is 59.3. The van der Waals surface area contributed by atoms with E-state index in [4.69, 9.17) is 12.2 Å². The molecule has 3 aromatic heterocycles. The summed E-state index contributed by atoms with van der Waals surface area (Å²) in [5.74, 6) is 2.87. The van der Waals surface area contributed by atoms with E-state index in [0.717, 1.165) is 61.0 Å². The summed E-state index contributed by atoms with van der Waals surface area (Å²) >= 11 is 0. The van der Waals surface area contributed by atoms with Crippen LogP contribution < -0.4 is 25.4 Å². The molecular weight excluding hydrogens is 736 g/mol. The lowest BCUT2D eigenvalue weighted by Crippen LogP contribution is -2.53. The van der Waals surface area contributed by atoms with E-state index < -0.39 is 13.0 Å². The second-order valence-corrected chi connectivity index (χ2v) is 13.6. The fourth-order valence-corrected chi connectivity index (χ4v) is 6.04. The molecule has 9 rings (SSSR count).